The quantitative estimate of drug-likeness (QED) is 0.666. The van der Waals surface area contributed by atoms with Crippen molar-refractivity contribution in [2.75, 3.05) is 27.9 Å². The standard InChI is InChI=1S/C15H24N2O6S/c1-10(9-21-3)16-15(18)11(2)17-24(19,20)12-6-7-13(22-4)14(8-12)23-5/h6-8,10-11,17H,9H2,1-5H3,(H,16,18)/t10-,11+/m0/s1. The predicted molar refractivity (Wildman–Crippen MR) is 88.8 cm³/mol. The van der Waals surface area contributed by atoms with E-state index in [0.29, 0.717) is 12.4 Å². The van der Waals surface area contributed by atoms with Crippen molar-refractivity contribution in [2.24, 2.45) is 0 Å². The van der Waals surface area contributed by atoms with Crippen LogP contribution < -0.4 is 19.5 Å². The van der Waals surface area contributed by atoms with Crippen LogP contribution in [0.2, 0.25) is 0 Å². The Kier molecular flexibility index (Phi) is 7.46. The molecule has 0 aliphatic rings. The lowest BCUT2D eigenvalue weighted by molar-refractivity contribution is -0.123. The van der Waals surface area contributed by atoms with Crippen LogP contribution in [-0.2, 0) is 19.6 Å². The molecule has 0 aliphatic carbocycles. The van der Waals surface area contributed by atoms with Crippen LogP contribution in [0.5, 0.6) is 11.5 Å². The van der Waals surface area contributed by atoms with Gasteiger partial charge in [0, 0.05) is 19.2 Å². The van der Waals surface area contributed by atoms with E-state index in [1.807, 2.05) is 0 Å². The van der Waals surface area contributed by atoms with E-state index in [1.54, 1.807) is 6.92 Å². The molecule has 0 aliphatic heterocycles. The van der Waals surface area contributed by atoms with Gasteiger partial charge in [0.1, 0.15) is 0 Å². The van der Waals surface area contributed by atoms with E-state index < -0.39 is 22.0 Å². The maximum Gasteiger partial charge on any atom is 0.241 e. The minimum Gasteiger partial charge on any atom is -0.493 e. The molecule has 0 unspecified atom stereocenters. The Morgan fingerprint density at radius 3 is 2.29 bits per heavy atom. The van der Waals surface area contributed by atoms with Crippen LogP contribution in [0.4, 0.5) is 0 Å². The van der Waals surface area contributed by atoms with Crippen LogP contribution in [-0.4, -0.2) is 54.3 Å². The molecule has 0 aromatic heterocycles. The van der Waals surface area contributed by atoms with Crippen LogP contribution in [0, 0.1) is 0 Å². The molecule has 8 nitrogen and oxygen atoms in total. The molecule has 0 radical (unpaired) electrons. The van der Waals surface area contributed by atoms with Crippen molar-refractivity contribution in [3.63, 3.8) is 0 Å². The van der Waals surface area contributed by atoms with Gasteiger partial charge >= 0.3 is 0 Å². The van der Waals surface area contributed by atoms with Crippen LogP contribution >= 0.6 is 0 Å². The van der Waals surface area contributed by atoms with E-state index in [4.69, 9.17) is 14.2 Å². The number of rotatable bonds is 9. The normalized spacial score (nSPS) is 13.9. The van der Waals surface area contributed by atoms with Gasteiger partial charge in [0.05, 0.1) is 31.8 Å². The SMILES string of the molecule is COC[C@H](C)NC(=O)[C@@H](C)NS(=O)(=O)c1ccc(OC)c(OC)c1. The molecule has 1 rings (SSSR count). The van der Waals surface area contributed by atoms with Gasteiger partial charge in [0.25, 0.3) is 0 Å². The van der Waals surface area contributed by atoms with Crippen LogP contribution in [0.15, 0.2) is 23.1 Å². The summed E-state index contributed by atoms with van der Waals surface area (Å²) in [5, 5.41) is 2.66. The van der Waals surface area contributed by atoms with Gasteiger partial charge in [-0.05, 0) is 26.0 Å². The highest BCUT2D eigenvalue weighted by Gasteiger charge is 2.24. The predicted octanol–water partition coefficient (Wildman–Crippen LogP) is 0.522. The molecule has 2 atom stereocenters. The minimum atomic E-state index is -3.89. The Balaban J connectivity index is 2.87. The second-order valence-electron chi connectivity index (χ2n) is 5.22. The van der Waals surface area contributed by atoms with E-state index in [-0.39, 0.29) is 16.7 Å². The number of sulfonamides is 1. The highest BCUT2D eigenvalue weighted by Crippen LogP contribution is 2.29. The Hall–Kier alpha value is -1.84. The lowest BCUT2D eigenvalue weighted by Gasteiger charge is -2.18. The largest absolute Gasteiger partial charge is 0.493 e. The fourth-order valence-corrected chi connectivity index (χ4v) is 3.22. The van der Waals surface area contributed by atoms with E-state index in [1.165, 1.54) is 46.5 Å². The van der Waals surface area contributed by atoms with Crippen molar-refractivity contribution in [2.45, 2.75) is 30.8 Å². The fraction of sp³-hybridized carbons (Fsp3) is 0.533. The molecule has 0 saturated heterocycles. The number of methoxy groups -OCH3 is 3. The Morgan fingerprint density at radius 2 is 1.75 bits per heavy atom. The summed E-state index contributed by atoms with van der Waals surface area (Å²) in [6.45, 7) is 3.56. The van der Waals surface area contributed by atoms with Gasteiger partial charge in [-0.1, -0.05) is 0 Å². The number of hydrogen-bond donors (Lipinski definition) is 2. The summed E-state index contributed by atoms with van der Waals surface area (Å²) < 4.78 is 42.2. The number of nitrogens with one attached hydrogen (secondary N) is 2. The maximum absolute atomic E-state index is 12.4. The summed E-state index contributed by atoms with van der Waals surface area (Å²) in [5.41, 5.74) is 0. The van der Waals surface area contributed by atoms with Gasteiger partial charge in [-0.3, -0.25) is 4.79 Å². The number of ether oxygens (including phenoxy) is 3. The zero-order valence-electron chi connectivity index (χ0n) is 14.5. The van der Waals surface area contributed by atoms with Crippen LogP contribution in [0.25, 0.3) is 0 Å². The monoisotopic (exact) mass is 360 g/mol. The molecule has 2 N–H and O–H groups in total. The first kappa shape index (κ1) is 20.2. The molecule has 24 heavy (non-hydrogen) atoms. The molecule has 1 aromatic rings. The average molecular weight is 360 g/mol. The topological polar surface area (TPSA) is 103 Å². The second-order valence-corrected chi connectivity index (χ2v) is 6.94. The van der Waals surface area contributed by atoms with Crippen molar-refractivity contribution < 1.29 is 27.4 Å². The third-order valence-corrected chi connectivity index (χ3v) is 4.73. The molecule has 0 bridgehead atoms. The molecule has 0 saturated carbocycles. The Labute approximate surface area is 142 Å². The van der Waals surface area contributed by atoms with Gasteiger partial charge in [0.2, 0.25) is 15.9 Å². The van der Waals surface area contributed by atoms with E-state index in [9.17, 15) is 13.2 Å². The zero-order valence-corrected chi connectivity index (χ0v) is 15.3. The van der Waals surface area contributed by atoms with E-state index >= 15 is 0 Å². The van der Waals surface area contributed by atoms with E-state index in [0.717, 1.165) is 0 Å². The number of benzene rings is 1. The zero-order chi connectivity index (χ0) is 18.3. The summed E-state index contributed by atoms with van der Waals surface area (Å²) in [6, 6.07) is 3.03. The van der Waals surface area contributed by atoms with Gasteiger partial charge < -0.3 is 19.5 Å². The molecule has 1 amide bonds. The summed E-state index contributed by atoms with van der Waals surface area (Å²) in [6.07, 6.45) is 0. The minimum absolute atomic E-state index is 0.0234. The van der Waals surface area contributed by atoms with Gasteiger partial charge in [-0.25, -0.2) is 8.42 Å². The first-order chi connectivity index (χ1) is 11.2. The lowest BCUT2D eigenvalue weighted by atomic mass is 10.3. The van der Waals surface area contributed by atoms with Crippen molar-refractivity contribution in [3.8, 4) is 11.5 Å². The van der Waals surface area contributed by atoms with Crippen molar-refractivity contribution >= 4 is 15.9 Å². The van der Waals surface area contributed by atoms with Gasteiger partial charge in [-0.15, -0.1) is 0 Å². The number of amides is 1. The maximum atomic E-state index is 12.4. The molecule has 0 spiro atoms. The smallest absolute Gasteiger partial charge is 0.241 e. The molecule has 0 fully saturated rings. The number of carbonyl (C=O) groups excluding carboxylic acids is 1. The molecular weight excluding hydrogens is 336 g/mol. The Bertz CT molecular complexity index is 662. The number of carbonyl (C=O) groups is 1. The highest BCUT2D eigenvalue weighted by molar-refractivity contribution is 7.89. The summed E-state index contributed by atoms with van der Waals surface area (Å²) in [4.78, 5) is 12.0. The molecule has 0 heterocycles. The van der Waals surface area contributed by atoms with Gasteiger partial charge in [-0.2, -0.15) is 4.72 Å². The molecule has 9 heteroatoms. The average Bonchev–Trinajstić information content (AvgIpc) is 2.53. The fourth-order valence-electron chi connectivity index (χ4n) is 2.00. The van der Waals surface area contributed by atoms with Crippen LogP contribution in [0.3, 0.4) is 0 Å². The third kappa shape index (κ3) is 5.36. The second kappa shape index (κ2) is 8.86. The van der Waals surface area contributed by atoms with Crippen molar-refractivity contribution in [1.82, 2.24) is 10.0 Å². The molecule has 136 valence electrons. The first-order valence-electron chi connectivity index (χ1n) is 7.28. The van der Waals surface area contributed by atoms with Crippen molar-refractivity contribution in [3.05, 3.63) is 18.2 Å². The third-order valence-electron chi connectivity index (χ3n) is 3.20. The lowest BCUT2D eigenvalue weighted by Crippen LogP contribution is -2.48. The summed E-state index contributed by atoms with van der Waals surface area (Å²) >= 11 is 0. The summed E-state index contributed by atoms with van der Waals surface area (Å²) in [7, 11) is 0.500. The van der Waals surface area contributed by atoms with E-state index in [2.05, 4.69) is 10.0 Å². The molecular formula is C15H24N2O6S. The first-order valence-corrected chi connectivity index (χ1v) is 8.77. The molecule has 1 aromatic carbocycles. The highest BCUT2D eigenvalue weighted by atomic mass is 32.2. The Morgan fingerprint density at radius 1 is 1.12 bits per heavy atom. The summed E-state index contributed by atoms with van der Waals surface area (Å²) in [5.74, 6) is 0.255. The van der Waals surface area contributed by atoms with Crippen molar-refractivity contribution in [1.29, 1.82) is 0 Å². The van der Waals surface area contributed by atoms with Crippen LogP contribution in [0.1, 0.15) is 13.8 Å². The number of hydrogen-bond acceptors (Lipinski definition) is 6. The van der Waals surface area contributed by atoms with Gasteiger partial charge in [0.15, 0.2) is 11.5 Å².